The number of hydrogen-bond acceptors (Lipinski definition) is 4. The van der Waals surface area contributed by atoms with Crippen LogP contribution in [0.5, 0.6) is 0 Å². The number of benzene rings is 1. The van der Waals surface area contributed by atoms with Gasteiger partial charge in [-0.15, -0.1) is 0 Å². The molecule has 0 spiro atoms. The molecule has 1 amide bonds. The zero-order valence-electron chi connectivity index (χ0n) is 12.7. The first-order chi connectivity index (χ1) is 11.1. The number of anilines is 1. The summed E-state index contributed by atoms with van der Waals surface area (Å²) in [5, 5.41) is 23.7. The monoisotopic (exact) mass is 313 g/mol. The molecule has 1 aliphatic rings. The largest absolute Gasteiger partial charge is 0.478 e. The highest BCUT2D eigenvalue weighted by Crippen LogP contribution is 2.17. The third-order valence-corrected chi connectivity index (χ3v) is 3.82. The van der Waals surface area contributed by atoms with E-state index >= 15 is 0 Å². The molecule has 2 rings (SSSR count). The molecule has 1 aromatic rings. The number of nitrogens with zero attached hydrogens (tertiary/aromatic N) is 1. The molecule has 1 aliphatic carbocycles. The van der Waals surface area contributed by atoms with Gasteiger partial charge in [0.15, 0.2) is 0 Å². The van der Waals surface area contributed by atoms with Crippen molar-refractivity contribution >= 4 is 17.6 Å². The van der Waals surface area contributed by atoms with Crippen LogP contribution < -0.4 is 10.6 Å². The fourth-order valence-electron chi connectivity index (χ4n) is 2.51. The SMILES string of the molecule is N#C/C(=C/NC1CCCCC1)C(=O)Nc1ccc(C(=O)O)cc1. The van der Waals surface area contributed by atoms with Gasteiger partial charge in [0.2, 0.25) is 0 Å². The maximum absolute atomic E-state index is 12.1. The number of rotatable bonds is 5. The van der Waals surface area contributed by atoms with Gasteiger partial charge in [-0.3, -0.25) is 4.79 Å². The summed E-state index contributed by atoms with van der Waals surface area (Å²) in [7, 11) is 0. The van der Waals surface area contributed by atoms with Crippen LogP contribution in [0.4, 0.5) is 5.69 Å². The van der Waals surface area contributed by atoms with Crippen LogP contribution in [0.2, 0.25) is 0 Å². The second kappa shape index (κ2) is 7.99. The molecule has 120 valence electrons. The van der Waals surface area contributed by atoms with E-state index in [-0.39, 0.29) is 11.1 Å². The lowest BCUT2D eigenvalue weighted by molar-refractivity contribution is -0.112. The number of carboxylic acid groups (broad SMARTS) is 1. The first-order valence-electron chi connectivity index (χ1n) is 7.61. The van der Waals surface area contributed by atoms with Gasteiger partial charge in [-0.25, -0.2) is 4.79 Å². The van der Waals surface area contributed by atoms with Crippen molar-refractivity contribution in [2.75, 3.05) is 5.32 Å². The van der Waals surface area contributed by atoms with Crippen molar-refractivity contribution in [1.82, 2.24) is 5.32 Å². The van der Waals surface area contributed by atoms with Crippen LogP contribution in [-0.4, -0.2) is 23.0 Å². The third-order valence-electron chi connectivity index (χ3n) is 3.82. The summed E-state index contributed by atoms with van der Waals surface area (Å²) in [6, 6.07) is 7.97. The summed E-state index contributed by atoms with van der Waals surface area (Å²) < 4.78 is 0. The smallest absolute Gasteiger partial charge is 0.335 e. The van der Waals surface area contributed by atoms with Crippen LogP contribution >= 0.6 is 0 Å². The Hall–Kier alpha value is -2.81. The van der Waals surface area contributed by atoms with Gasteiger partial charge in [0.05, 0.1) is 5.56 Å². The number of carbonyl (C=O) groups is 2. The lowest BCUT2D eigenvalue weighted by Crippen LogP contribution is -2.28. The highest BCUT2D eigenvalue weighted by Gasteiger charge is 2.14. The van der Waals surface area contributed by atoms with Gasteiger partial charge in [-0.05, 0) is 37.1 Å². The first kappa shape index (κ1) is 16.6. The molecule has 0 aliphatic heterocycles. The molecule has 0 atom stereocenters. The quantitative estimate of drug-likeness (QED) is 0.573. The van der Waals surface area contributed by atoms with Crippen LogP contribution in [0.1, 0.15) is 42.5 Å². The van der Waals surface area contributed by atoms with Gasteiger partial charge in [-0.2, -0.15) is 5.26 Å². The van der Waals surface area contributed by atoms with Crippen LogP contribution in [0, 0.1) is 11.3 Å². The Morgan fingerprint density at radius 3 is 2.39 bits per heavy atom. The lowest BCUT2D eigenvalue weighted by atomic mass is 9.96. The van der Waals surface area contributed by atoms with Gasteiger partial charge in [-0.1, -0.05) is 19.3 Å². The maximum Gasteiger partial charge on any atom is 0.335 e. The van der Waals surface area contributed by atoms with Crippen molar-refractivity contribution in [3.8, 4) is 6.07 Å². The Labute approximate surface area is 134 Å². The summed E-state index contributed by atoms with van der Waals surface area (Å²) in [6.45, 7) is 0. The number of carboxylic acids is 1. The molecule has 0 saturated heterocycles. The topological polar surface area (TPSA) is 102 Å². The van der Waals surface area contributed by atoms with Crippen molar-refractivity contribution in [2.24, 2.45) is 0 Å². The predicted octanol–water partition coefficient (Wildman–Crippen LogP) is 2.65. The average Bonchev–Trinajstić information content (AvgIpc) is 2.57. The minimum Gasteiger partial charge on any atom is -0.478 e. The van der Waals surface area contributed by atoms with E-state index in [9.17, 15) is 9.59 Å². The zero-order chi connectivity index (χ0) is 16.7. The Morgan fingerprint density at radius 1 is 1.17 bits per heavy atom. The van der Waals surface area contributed by atoms with E-state index in [4.69, 9.17) is 10.4 Å². The van der Waals surface area contributed by atoms with E-state index < -0.39 is 11.9 Å². The number of hydrogen-bond donors (Lipinski definition) is 3. The summed E-state index contributed by atoms with van der Waals surface area (Å²) in [6.07, 6.45) is 7.13. The van der Waals surface area contributed by atoms with E-state index in [0.717, 1.165) is 25.7 Å². The van der Waals surface area contributed by atoms with Gasteiger partial charge < -0.3 is 15.7 Å². The Morgan fingerprint density at radius 2 is 1.83 bits per heavy atom. The van der Waals surface area contributed by atoms with Crippen molar-refractivity contribution in [3.05, 3.63) is 41.6 Å². The Kier molecular flexibility index (Phi) is 5.75. The average molecular weight is 313 g/mol. The van der Waals surface area contributed by atoms with E-state index in [1.807, 2.05) is 6.07 Å². The van der Waals surface area contributed by atoms with Crippen LogP contribution in [0.25, 0.3) is 0 Å². The number of aromatic carboxylic acids is 1. The van der Waals surface area contributed by atoms with Crippen LogP contribution in [0.3, 0.4) is 0 Å². The fourth-order valence-corrected chi connectivity index (χ4v) is 2.51. The molecule has 1 saturated carbocycles. The van der Waals surface area contributed by atoms with Crippen molar-refractivity contribution < 1.29 is 14.7 Å². The number of amides is 1. The summed E-state index contributed by atoms with van der Waals surface area (Å²) in [4.78, 5) is 22.9. The number of nitriles is 1. The highest BCUT2D eigenvalue weighted by molar-refractivity contribution is 6.06. The molecular formula is C17H19N3O3. The third kappa shape index (κ3) is 4.85. The zero-order valence-corrected chi connectivity index (χ0v) is 12.7. The van der Waals surface area contributed by atoms with E-state index in [0.29, 0.717) is 11.7 Å². The molecule has 0 heterocycles. The molecule has 0 unspecified atom stereocenters. The minimum absolute atomic E-state index is 0.00196. The van der Waals surface area contributed by atoms with E-state index in [2.05, 4.69) is 10.6 Å². The van der Waals surface area contributed by atoms with Gasteiger partial charge >= 0.3 is 5.97 Å². The van der Waals surface area contributed by atoms with E-state index in [1.54, 1.807) is 0 Å². The predicted molar refractivity (Wildman–Crippen MR) is 85.7 cm³/mol. The number of carbonyl (C=O) groups excluding carboxylic acids is 1. The lowest BCUT2D eigenvalue weighted by Gasteiger charge is -2.21. The fraction of sp³-hybridized carbons (Fsp3) is 0.353. The second-order valence-corrected chi connectivity index (χ2v) is 5.51. The van der Waals surface area contributed by atoms with Gasteiger partial charge in [0.1, 0.15) is 11.6 Å². The molecule has 3 N–H and O–H groups in total. The van der Waals surface area contributed by atoms with Crippen molar-refractivity contribution in [2.45, 2.75) is 38.1 Å². The maximum atomic E-state index is 12.1. The standard InChI is InChI=1S/C17H19N3O3/c18-10-13(11-19-14-4-2-1-3-5-14)16(21)20-15-8-6-12(7-9-15)17(22)23/h6-9,11,14,19H,1-5H2,(H,20,21)(H,22,23)/b13-11-. The van der Waals surface area contributed by atoms with Gasteiger partial charge in [0.25, 0.3) is 5.91 Å². The summed E-state index contributed by atoms with van der Waals surface area (Å²) in [5.41, 5.74) is 0.578. The second-order valence-electron chi connectivity index (χ2n) is 5.51. The minimum atomic E-state index is -1.03. The molecule has 1 fully saturated rings. The van der Waals surface area contributed by atoms with Crippen molar-refractivity contribution in [1.29, 1.82) is 5.26 Å². The normalized spacial score (nSPS) is 15.5. The van der Waals surface area contributed by atoms with E-state index in [1.165, 1.54) is 36.9 Å². The Bertz CT molecular complexity index is 638. The highest BCUT2D eigenvalue weighted by atomic mass is 16.4. The summed E-state index contributed by atoms with van der Waals surface area (Å²) in [5.74, 6) is -1.55. The molecule has 0 radical (unpaired) electrons. The molecule has 1 aromatic carbocycles. The molecule has 0 bridgehead atoms. The van der Waals surface area contributed by atoms with Crippen LogP contribution in [0.15, 0.2) is 36.0 Å². The molecular weight excluding hydrogens is 294 g/mol. The molecule has 6 heteroatoms. The number of nitrogens with one attached hydrogen (secondary N) is 2. The molecule has 23 heavy (non-hydrogen) atoms. The van der Waals surface area contributed by atoms with Crippen molar-refractivity contribution in [3.63, 3.8) is 0 Å². The van der Waals surface area contributed by atoms with Gasteiger partial charge in [0, 0.05) is 17.9 Å². The van der Waals surface area contributed by atoms with Crippen LogP contribution in [-0.2, 0) is 4.79 Å². The molecule has 0 aromatic heterocycles. The Balaban J connectivity index is 1.96. The first-order valence-corrected chi connectivity index (χ1v) is 7.61. The molecule has 6 nitrogen and oxygen atoms in total. The summed E-state index contributed by atoms with van der Waals surface area (Å²) >= 11 is 0.